The van der Waals surface area contributed by atoms with Crippen LogP contribution >= 0.6 is 11.8 Å². The van der Waals surface area contributed by atoms with Crippen molar-refractivity contribution in [1.29, 1.82) is 0 Å². The Morgan fingerprint density at radius 1 is 1.05 bits per heavy atom. The standard InChI is InChI=1S/C12H13N7S/c1-5-6(2)16-12(17-7(5)3)20-10-8-9(15-4-14-8)18-11(13)19-10/h4H,1-3H3,(H3,13,14,15,18,19). The maximum absolute atomic E-state index is 5.69. The van der Waals surface area contributed by atoms with Crippen LogP contribution in [0.3, 0.4) is 0 Å². The van der Waals surface area contributed by atoms with E-state index in [-0.39, 0.29) is 5.95 Å². The summed E-state index contributed by atoms with van der Waals surface area (Å²) >= 11 is 1.35. The molecule has 0 aliphatic carbocycles. The molecular formula is C12H13N7S. The van der Waals surface area contributed by atoms with E-state index < -0.39 is 0 Å². The predicted molar refractivity (Wildman–Crippen MR) is 76.5 cm³/mol. The Hall–Kier alpha value is -2.22. The van der Waals surface area contributed by atoms with Crippen LogP contribution in [0.25, 0.3) is 11.2 Å². The number of aromatic amines is 1. The van der Waals surface area contributed by atoms with Crippen molar-refractivity contribution < 1.29 is 0 Å². The van der Waals surface area contributed by atoms with Crippen molar-refractivity contribution in [3.8, 4) is 0 Å². The molecule has 0 aliphatic heterocycles. The average molecular weight is 287 g/mol. The highest BCUT2D eigenvalue weighted by Crippen LogP contribution is 2.29. The minimum absolute atomic E-state index is 0.188. The normalized spacial score (nSPS) is 11.2. The van der Waals surface area contributed by atoms with Crippen molar-refractivity contribution >= 4 is 28.9 Å². The molecule has 0 bridgehead atoms. The number of rotatable bonds is 2. The molecule has 3 N–H and O–H groups in total. The molecule has 3 heterocycles. The molecule has 0 spiro atoms. The monoisotopic (exact) mass is 287 g/mol. The number of H-pyrrole nitrogens is 1. The summed E-state index contributed by atoms with van der Waals surface area (Å²) in [5.41, 5.74) is 10.00. The Kier molecular flexibility index (Phi) is 3.01. The van der Waals surface area contributed by atoms with Gasteiger partial charge in [-0.15, -0.1) is 0 Å². The van der Waals surface area contributed by atoms with Crippen LogP contribution in [0.1, 0.15) is 17.0 Å². The Labute approximate surface area is 119 Å². The highest BCUT2D eigenvalue weighted by molar-refractivity contribution is 7.99. The van der Waals surface area contributed by atoms with Crippen LogP contribution in [0.5, 0.6) is 0 Å². The van der Waals surface area contributed by atoms with Crippen LogP contribution < -0.4 is 5.73 Å². The molecule has 7 nitrogen and oxygen atoms in total. The van der Waals surface area contributed by atoms with Gasteiger partial charge in [0.15, 0.2) is 10.8 Å². The Balaban J connectivity index is 2.07. The molecule has 3 aromatic rings. The molecule has 0 amide bonds. The molecule has 0 fully saturated rings. The molecule has 0 saturated heterocycles. The van der Waals surface area contributed by atoms with E-state index in [0.717, 1.165) is 22.5 Å². The lowest BCUT2D eigenvalue weighted by molar-refractivity contribution is 0.878. The van der Waals surface area contributed by atoms with Gasteiger partial charge in [-0.05, 0) is 38.1 Å². The molecule has 0 atom stereocenters. The van der Waals surface area contributed by atoms with Crippen molar-refractivity contribution in [2.24, 2.45) is 0 Å². The van der Waals surface area contributed by atoms with E-state index in [0.29, 0.717) is 15.8 Å². The molecule has 0 radical (unpaired) electrons. The summed E-state index contributed by atoms with van der Waals surface area (Å²) in [6.07, 6.45) is 1.56. The topological polar surface area (TPSA) is 106 Å². The van der Waals surface area contributed by atoms with Gasteiger partial charge in [-0.3, -0.25) is 0 Å². The number of hydrogen-bond donors (Lipinski definition) is 2. The van der Waals surface area contributed by atoms with Crippen LogP contribution in [0.2, 0.25) is 0 Å². The van der Waals surface area contributed by atoms with E-state index in [9.17, 15) is 0 Å². The van der Waals surface area contributed by atoms with Gasteiger partial charge in [0.05, 0.1) is 6.33 Å². The van der Waals surface area contributed by atoms with Crippen LogP contribution in [-0.4, -0.2) is 29.9 Å². The number of nitrogens with zero attached hydrogens (tertiary/aromatic N) is 5. The number of imidazole rings is 1. The molecule has 102 valence electrons. The fraction of sp³-hybridized carbons (Fsp3) is 0.250. The summed E-state index contributed by atoms with van der Waals surface area (Å²) in [6, 6.07) is 0. The van der Waals surface area contributed by atoms with Gasteiger partial charge in [0.25, 0.3) is 0 Å². The first-order valence-corrected chi connectivity index (χ1v) is 6.82. The van der Waals surface area contributed by atoms with E-state index in [4.69, 9.17) is 5.73 Å². The van der Waals surface area contributed by atoms with Crippen molar-refractivity contribution in [3.05, 3.63) is 23.3 Å². The third kappa shape index (κ3) is 2.18. The molecule has 0 unspecified atom stereocenters. The summed E-state index contributed by atoms with van der Waals surface area (Å²) in [7, 11) is 0. The lowest BCUT2D eigenvalue weighted by atomic mass is 10.2. The highest BCUT2D eigenvalue weighted by Gasteiger charge is 2.13. The Bertz CT molecular complexity index is 773. The van der Waals surface area contributed by atoms with Gasteiger partial charge in [0.1, 0.15) is 10.5 Å². The van der Waals surface area contributed by atoms with Gasteiger partial charge in [-0.25, -0.2) is 19.9 Å². The molecule has 0 saturated carbocycles. The first-order valence-electron chi connectivity index (χ1n) is 6.01. The Morgan fingerprint density at radius 3 is 2.45 bits per heavy atom. The maximum atomic E-state index is 5.69. The van der Waals surface area contributed by atoms with Gasteiger partial charge in [0, 0.05) is 11.4 Å². The second-order valence-electron chi connectivity index (χ2n) is 4.39. The number of aryl methyl sites for hydroxylation is 2. The Morgan fingerprint density at radius 2 is 1.75 bits per heavy atom. The smallest absolute Gasteiger partial charge is 0.223 e. The third-order valence-electron chi connectivity index (χ3n) is 3.07. The average Bonchev–Trinajstić information content (AvgIpc) is 2.84. The minimum atomic E-state index is 0.188. The summed E-state index contributed by atoms with van der Waals surface area (Å²) < 4.78 is 0. The summed E-state index contributed by atoms with van der Waals surface area (Å²) in [6.45, 7) is 5.94. The second-order valence-corrected chi connectivity index (χ2v) is 5.35. The molecule has 8 heteroatoms. The second kappa shape index (κ2) is 4.71. The highest BCUT2D eigenvalue weighted by atomic mass is 32.2. The zero-order valence-electron chi connectivity index (χ0n) is 11.3. The van der Waals surface area contributed by atoms with Gasteiger partial charge >= 0.3 is 0 Å². The first kappa shape index (κ1) is 12.8. The number of aromatic nitrogens is 6. The van der Waals surface area contributed by atoms with E-state index >= 15 is 0 Å². The van der Waals surface area contributed by atoms with Crippen molar-refractivity contribution in [2.75, 3.05) is 5.73 Å². The molecule has 0 aromatic carbocycles. The summed E-state index contributed by atoms with van der Waals surface area (Å²) in [4.78, 5) is 24.3. The third-order valence-corrected chi connectivity index (χ3v) is 3.92. The van der Waals surface area contributed by atoms with Crippen LogP contribution in [0.15, 0.2) is 16.5 Å². The van der Waals surface area contributed by atoms with Crippen molar-refractivity contribution in [3.63, 3.8) is 0 Å². The zero-order chi connectivity index (χ0) is 14.3. The number of nitrogens with one attached hydrogen (secondary N) is 1. The number of hydrogen-bond acceptors (Lipinski definition) is 7. The molecule has 0 aliphatic rings. The van der Waals surface area contributed by atoms with Crippen molar-refractivity contribution in [2.45, 2.75) is 31.0 Å². The summed E-state index contributed by atoms with van der Waals surface area (Å²) in [5.74, 6) is 0.188. The quantitative estimate of drug-likeness (QED) is 0.546. The van der Waals surface area contributed by atoms with E-state index in [1.165, 1.54) is 11.8 Å². The first-order chi connectivity index (χ1) is 9.54. The zero-order valence-corrected chi connectivity index (χ0v) is 12.1. The van der Waals surface area contributed by atoms with Gasteiger partial charge in [0.2, 0.25) is 5.95 Å². The minimum Gasteiger partial charge on any atom is -0.368 e. The molecule has 3 aromatic heterocycles. The predicted octanol–water partition coefficient (Wildman–Crippen LogP) is 1.80. The van der Waals surface area contributed by atoms with Crippen molar-refractivity contribution in [1.82, 2.24) is 29.9 Å². The molecular weight excluding hydrogens is 274 g/mol. The van der Waals surface area contributed by atoms with E-state index in [2.05, 4.69) is 29.9 Å². The van der Waals surface area contributed by atoms with Crippen LogP contribution in [0, 0.1) is 20.8 Å². The summed E-state index contributed by atoms with van der Waals surface area (Å²) in [5, 5.41) is 1.31. The van der Waals surface area contributed by atoms with Crippen LogP contribution in [0.4, 0.5) is 5.95 Å². The number of nitrogen functional groups attached to an aromatic ring is 1. The maximum Gasteiger partial charge on any atom is 0.223 e. The molecule has 20 heavy (non-hydrogen) atoms. The lowest BCUT2D eigenvalue weighted by Crippen LogP contribution is -2.00. The number of fused-ring (bicyclic) bond motifs is 1. The fourth-order valence-electron chi connectivity index (χ4n) is 1.77. The largest absolute Gasteiger partial charge is 0.368 e. The van der Waals surface area contributed by atoms with E-state index in [1.807, 2.05) is 20.8 Å². The van der Waals surface area contributed by atoms with Gasteiger partial charge < -0.3 is 10.7 Å². The SMILES string of the molecule is Cc1nc(Sc2nc(N)nc3nc[nH]c23)nc(C)c1C. The fourth-order valence-corrected chi connectivity index (χ4v) is 2.70. The van der Waals surface area contributed by atoms with Gasteiger partial charge in [-0.2, -0.15) is 4.98 Å². The molecule has 3 rings (SSSR count). The number of nitrogens with two attached hydrogens (primary N) is 1. The van der Waals surface area contributed by atoms with Gasteiger partial charge in [-0.1, -0.05) is 0 Å². The van der Waals surface area contributed by atoms with E-state index in [1.54, 1.807) is 6.33 Å². The van der Waals surface area contributed by atoms with Crippen LogP contribution in [-0.2, 0) is 0 Å². The lowest BCUT2D eigenvalue weighted by Gasteiger charge is -2.06. The number of anilines is 1.